The molecule has 0 radical (unpaired) electrons. The number of para-hydroxylation sites is 2. The minimum absolute atomic E-state index is 0.0120. The Balaban J connectivity index is 1.60. The van der Waals surface area contributed by atoms with Crippen LogP contribution in [0.25, 0.3) is 5.69 Å². The minimum atomic E-state index is -3.93. The van der Waals surface area contributed by atoms with E-state index in [0.717, 1.165) is 12.8 Å². The first-order valence-corrected chi connectivity index (χ1v) is 15.0. The van der Waals surface area contributed by atoms with Crippen molar-refractivity contribution in [3.8, 4) is 28.8 Å². The Morgan fingerprint density at radius 3 is 2.34 bits per heavy atom. The van der Waals surface area contributed by atoms with Gasteiger partial charge in [0.15, 0.2) is 11.5 Å². The van der Waals surface area contributed by atoms with Gasteiger partial charge < -0.3 is 18.9 Å². The van der Waals surface area contributed by atoms with E-state index in [-0.39, 0.29) is 24.1 Å². The van der Waals surface area contributed by atoms with E-state index < -0.39 is 10.0 Å². The van der Waals surface area contributed by atoms with E-state index in [1.807, 2.05) is 31.2 Å². The molecule has 0 bridgehead atoms. The number of ether oxygens (including phenoxy) is 4. The summed E-state index contributed by atoms with van der Waals surface area (Å²) in [5.74, 6) is 1.94. The van der Waals surface area contributed by atoms with E-state index in [0.29, 0.717) is 51.7 Å². The number of aryl methyl sites for hydroxylation is 1. The average molecular weight is 598 g/mol. The summed E-state index contributed by atoms with van der Waals surface area (Å²) in [6.07, 6.45) is 1.45. The molecule has 5 rings (SSSR count). The van der Waals surface area contributed by atoms with Gasteiger partial charge in [0.25, 0.3) is 0 Å². The zero-order valence-electron chi connectivity index (χ0n) is 23.1. The van der Waals surface area contributed by atoms with Crippen LogP contribution in [0.3, 0.4) is 0 Å². The molecule has 1 aromatic heterocycles. The lowest BCUT2D eigenvalue weighted by molar-refractivity contribution is 0.0924. The predicted molar refractivity (Wildman–Crippen MR) is 156 cm³/mol. The van der Waals surface area contributed by atoms with Crippen molar-refractivity contribution in [3.05, 3.63) is 89.1 Å². The first kappa shape index (κ1) is 28.9. The number of hydrogen-bond acceptors (Lipinski definition) is 7. The molecule has 0 aliphatic carbocycles. The summed E-state index contributed by atoms with van der Waals surface area (Å²) in [4.78, 5) is 0.159. The maximum absolute atomic E-state index is 14.0. The van der Waals surface area contributed by atoms with Gasteiger partial charge in [-0.3, -0.25) is 0 Å². The maximum atomic E-state index is 14.0. The fourth-order valence-corrected chi connectivity index (χ4v) is 6.29. The first-order valence-electron chi connectivity index (χ1n) is 13.2. The third kappa shape index (κ3) is 6.36. The van der Waals surface area contributed by atoms with Crippen LogP contribution in [0.4, 0.5) is 0 Å². The van der Waals surface area contributed by atoms with Gasteiger partial charge in [-0.1, -0.05) is 23.7 Å². The molecule has 1 unspecified atom stereocenters. The molecule has 11 heteroatoms. The van der Waals surface area contributed by atoms with Crippen LogP contribution in [0.5, 0.6) is 23.1 Å². The van der Waals surface area contributed by atoms with Gasteiger partial charge in [-0.25, -0.2) is 13.1 Å². The Bertz CT molecular complexity index is 1580. The van der Waals surface area contributed by atoms with Gasteiger partial charge in [-0.15, -0.1) is 0 Å². The number of sulfonamides is 1. The van der Waals surface area contributed by atoms with Crippen LogP contribution in [0.15, 0.2) is 77.7 Å². The van der Waals surface area contributed by atoms with E-state index in [9.17, 15) is 8.42 Å². The summed E-state index contributed by atoms with van der Waals surface area (Å²) in [5.41, 5.74) is 1.94. The number of aromatic nitrogens is 2. The minimum Gasteiger partial charge on any atom is -0.497 e. The molecular formula is C30H32ClN3O6S. The number of hydrogen-bond donors (Lipinski definition) is 0. The smallest absolute Gasteiger partial charge is 0.243 e. The summed E-state index contributed by atoms with van der Waals surface area (Å²) >= 11 is 6.15. The van der Waals surface area contributed by atoms with E-state index in [1.54, 1.807) is 60.3 Å². The Kier molecular flexibility index (Phi) is 8.84. The second-order valence-corrected chi connectivity index (χ2v) is 12.0. The van der Waals surface area contributed by atoms with Crippen molar-refractivity contribution in [2.75, 3.05) is 27.4 Å². The second-order valence-electron chi connectivity index (χ2n) is 9.62. The zero-order chi connectivity index (χ0) is 29.0. The third-order valence-electron chi connectivity index (χ3n) is 6.95. The van der Waals surface area contributed by atoms with Crippen LogP contribution >= 0.6 is 11.6 Å². The molecule has 3 aromatic carbocycles. The molecule has 2 heterocycles. The lowest BCUT2D eigenvalue weighted by Crippen LogP contribution is -2.37. The molecule has 9 nitrogen and oxygen atoms in total. The lowest BCUT2D eigenvalue weighted by Gasteiger charge is -2.25. The highest BCUT2D eigenvalue weighted by molar-refractivity contribution is 7.89. The second kappa shape index (κ2) is 12.5. The number of rotatable bonds is 11. The number of halogens is 1. The van der Waals surface area contributed by atoms with E-state index in [4.69, 9.17) is 35.6 Å². The first-order chi connectivity index (χ1) is 19.8. The Morgan fingerprint density at radius 1 is 1.00 bits per heavy atom. The Hall–Kier alpha value is -3.57. The third-order valence-corrected chi connectivity index (χ3v) is 9.02. The molecular weight excluding hydrogens is 566 g/mol. The van der Waals surface area contributed by atoms with Crippen molar-refractivity contribution in [1.82, 2.24) is 14.1 Å². The highest BCUT2D eigenvalue weighted by atomic mass is 35.5. The van der Waals surface area contributed by atoms with E-state index in [2.05, 4.69) is 0 Å². The zero-order valence-corrected chi connectivity index (χ0v) is 24.7. The lowest BCUT2D eigenvalue weighted by atomic mass is 10.2. The summed E-state index contributed by atoms with van der Waals surface area (Å²) < 4.78 is 54.3. The van der Waals surface area contributed by atoms with Crippen molar-refractivity contribution in [1.29, 1.82) is 0 Å². The SMILES string of the molecule is COc1ccc(S(=O)(=O)N(Cc2c(C)nn(-c3ccc(Cl)cc3)c2Oc2ccccc2OC)CC2CCCO2)cc1. The predicted octanol–water partition coefficient (Wildman–Crippen LogP) is 6.01. The molecule has 1 atom stereocenters. The summed E-state index contributed by atoms with van der Waals surface area (Å²) in [6.45, 7) is 2.64. The highest BCUT2D eigenvalue weighted by Gasteiger charge is 2.32. The largest absolute Gasteiger partial charge is 0.497 e. The van der Waals surface area contributed by atoms with Gasteiger partial charge in [0.05, 0.1) is 42.2 Å². The topological polar surface area (TPSA) is 92.1 Å². The van der Waals surface area contributed by atoms with Crippen LogP contribution < -0.4 is 14.2 Å². The molecule has 1 aliphatic rings. The Labute approximate surface area is 245 Å². The van der Waals surface area contributed by atoms with Gasteiger partial charge in [-0.05, 0) is 80.4 Å². The molecule has 1 fully saturated rings. The van der Waals surface area contributed by atoms with Gasteiger partial charge in [-0.2, -0.15) is 9.40 Å². The van der Waals surface area contributed by atoms with Gasteiger partial charge in [0.1, 0.15) is 5.75 Å². The quantitative estimate of drug-likeness (QED) is 0.209. The molecule has 41 heavy (non-hydrogen) atoms. The fourth-order valence-electron chi connectivity index (χ4n) is 4.73. The van der Waals surface area contributed by atoms with Crippen molar-refractivity contribution >= 4 is 21.6 Å². The molecule has 0 N–H and O–H groups in total. The number of benzene rings is 3. The average Bonchev–Trinajstić information content (AvgIpc) is 3.61. The van der Waals surface area contributed by atoms with Crippen LogP contribution in [0.1, 0.15) is 24.1 Å². The van der Waals surface area contributed by atoms with Crippen molar-refractivity contribution in [2.45, 2.75) is 37.3 Å². The summed E-state index contributed by atoms with van der Waals surface area (Å²) in [6, 6.07) is 20.8. The molecule has 0 saturated carbocycles. The number of nitrogens with zero attached hydrogens (tertiary/aromatic N) is 3. The molecule has 0 amide bonds. The van der Waals surface area contributed by atoms with E-state index in [1.165, 1.54) is 11.4 Å². The standard InChI is InChI=1S/C30H32ClN3O6S/c1-21-27(20-33(19-25-7-6-18-39-25)41(35,36)26-16-14-24(37-2)15-17-26)30(40-29-9-5-4-8-28(29)38-3)34(32-21)23-12-10-22(31)11-13-23/h4-5,8-17,25H,6-7,18-20H2,1-3H3. The van der Waals surface area contributed by atoms with Crippen molar-refractivity contribution < 1.29 is 27.4 Å². The maximum Gasteiger partial charge on any atom is 0.243 e. The molecule has 0 spiro atoms. The van der Waals surface area contributed by atoms with Crippen LogP contribution in [-0.2, 0) is 21.3 Å². The Morgan fingerprint density at radius 2 is 1.71 bits per heavy atom. The highest BCUT2D eigenvalue weighted by Crippen LogP contribution is 2.37. The monoisotopic (exact) mass is 597 g/mol. The van der Waals surface area contributed by atoms with Gasteiger partial charge in [0, 0.05) is 24.7 Å². The van der Waals surface area contributed by atoms with Crippen LogP contribution in [0, 0.1) is 6.92 Å². The van der Waals surface area contributed by atoms with Crippen molar-refractivity contribution in [3.63, 3.8) is 0 Å². The van der Waals surface area contributed by atoms with Crippen LogP contribution in [0.2, 0.25) is 5.02 Å². The molecule has 1 aliphatic heterocycles. The molecule has 1 saturated heterocycles. The summed E-state index contributed by atoms with van der Waals surface area (Å²) in [5, 5.41) is 5.34. The van der Waals surface area contributed by atoms with Crippen LogP contribution in [-0.4, -0.2) is 56.0 Å². The van der Waals surface area contributed by atoms with Gasteiger partial charge >= 0.3 is 0 Å². The summed E-state index contributed by atoms with van der Waals surface area (Å²) in [7, 11) is -0.824. The number of methoxy groups -OCH3 is 2. The molecule has 4 aromatic rings. The normalized spacial score (nSPS) is 15.3. The van der Waals surface area contributed by atoms with Gasteiger partial charge in [0.2, 0.25) is 15.9 Å². The van der Waals surface area contributed by atoms with E-state index >= 15 is 0 Å². The van der Waals surface area contributed by atoms with Crippen molar-refractivity contribution in [2.24, 2.45) is 0 Å². The molecule has 216 valence electrons. The fraction of sp³-hybridized carbons (Fsp3) is 0.300.